The first-order valence-electron chi connectivity index (χ1n) is 13.0. The fourth-order valence-electron chi connectivity index (χ4n) is 5.60. The van der Waals surface area contributed by atoms with Crippen LogP contribution in [0.1, 0.15) is 13.8 Å². The van der Waals surface area contributed by atoms with Gasteiger partial charge in [0.05, 0.1) is 5.69 Å². The largest absolute Gasteiger partial charge is 0.449 e. The smallest absolute Gasteiger partial charge is 0.246 e. The second-order valence-corrected chi connectivity index (χ2v) is 10.1. The minimum atomic E-state index is -0.666. The van der Waals surface area contributed by atoms with E-state index in [-0.39, 0.29) is 0 Å². The van der Waals surface area contributed by atoms with Crippen molar-refractivity contribution in [3.8, 4) is 22.6 Å². The summed E-state index contributed by atoms with van der Waals surface area (Å²) in [6.45, 7) is 3.88. The molecule has 0 bridgehead atoms. The van der Waals surface area contributed by atoms with E-state index < -0.39 is 5.79 Å². The highest BCUT2D eigenvalue weighted by molar-refractivity contribution is 6.22. The van der Waals surface area contributed by atoms with Gasteiger partial charge in [-0.1, -0.05) is 91.0 Å². The molecule has 38 heavy (non-hydrogen) atoms. The average molecular weight is 494 g/mol. The fourth-order valence-corrected chi connectivity index (χ4v) is 5.60. The molecule has 0 amide bonds. The molecular weight excluding hydrogens is 466 g/mol. The second kappa shape index (κ2) is 8.67. The van der Waals surface area contributed by atoms with Gasteiger partial charge in [0.2, 0.25) is 5.79 Å². The van der Waals surface area contributed by atoms with Crippen molar-refractivity contribution in [3.05, 3.63) is 127 Å². The predicted octanol–water partition coefficient (Wildman–Crippen LogP) is 9.64. The molecule has 0 N–H and O–H groups in total. The zero-order chi connectivity index (χ0) is 25.7. The van der Waals surface area contributed by atoms with Crippen LogP contribution in [0, 0.1) is 0 Å². The molecule has 6 aromatic rings. The zero-order valence-electron chi connectivity index (χ0n) is 21.4. The van der Waals surface area contributed by atoms with Crippen LogP contribution >= 0.6 is 0 Å². The van der Waals surface area contributed by atoms with Gasteiger partial charge in [0.1, 0.15) is 0 Å². The lowest BCUT2D eigenvalue weighted by atomic mass is 9.89. The van der Waals surface area contributed by atoms with Crippen molar-refractivity contribution in [2.75, 3.05) is 4.90 Å². The quantitative estimate of drug-likeness (QED) is 0.228. The van der Waals surface area contributed by atoms with E-state index >= 15 is 0 Å². The maximum Gasteiger partial charge on any atom is 0.246 e. The molecule has 6 aromatic carbocycles. The third-order valence-corrected chi connectivity index (χ3v) is 7.10. The molecule has 0 aliphatic carbocycles. The molecule has 3 heteroatoms. The highest BCUT2D eigenvalue weighted by Gasteiger charge is 2.32. The lowest BCUT2D eigenvalue weighted by molar-refractivity contribution is -0.0431. The molecule has 3 nitrogen and oxygen atoms in total. The van der Waals surface area contributed by atoms with E-state index in [2.05, 4.69) is 126 Å². The summed E-state index contributed by atoms with van der Waals surface area (Å²) >= 11 is 0. The lowest BCUT2D eigenvalue weighted by Gasteiger charge is -2.29. The van der Waals surface area contributed by atoms with E-state index in [4.69, 9.17) is 9.47 Å². The van der Waals surface area contributed by atoms with Gasteiger partial charge in [0, 0.05) is 36.0 Å². The van der Waals surface area contributed by atoms with Gasteiger partial charge in [-0.15, -0.1) is 0 Å². The minimum absolute atomic E-state index is 0.666. The molecule has 0 spiro atoms. The summed E-state index contributed by atoms with van der Waals surface area (Å²) in [6, 6.07) is 44.9. The van der Waals surface area contributed by atoms with E-state index in [1.54, 1.807) is 0 Å². The van der Waals surface area contributed by atoms with E-state index in [0.717, 1.165) is 28.4 Å². The minimum Gasteiger partial charge on any atom is -0.449 e. The molecule has 1 heterocycles. The Morgan fingerprint density at radius 3 is 1.53 bits per heavy atom. The summed E-state index contributed by atoms with van der Waals surface area (Å²) in [5.41, 5.74) is 5.70. The maximum atomic E-state index is 6.13. The standard InChI is InChI=1S/C35H27NO2/c1-35(2)37-31-22-21-24(23-32(31)38-35)33-27-17-9-11-19-29(27)34(30-20-12-10-18-28(30)33)36(25-13-5-3-6-14-25)26-15-7-4-8-16-26/h3-23H,1-2H3. The molecule has 184 valence electrons. The van der Waals surface area contributed by atoms with Gasteiger partial charge in [-0.3, -0.25) is 0 Å². The predicted molar refractivity (Wildman–Crippen MR) is 157 cm³/mol. The van der Waals surface area contributed by atoms with Gasteiger partial charge in [0.25, 0.3) is 0 Å². The molecule has 0 radical (unpaired) electrons. The zero-order valence-corrected chi connectivity index (χ0v) is 21.4. The van der Waals surface area contributed by atoms with Crippen LogP contribution in [0.4, 0.5) is 17.1 Å². The summed E-state index contributed by atoms with van der Waals surface area (Å²) in [7, 11) is 0. The number of benzene rings is 6. The molecule has 0 aromatic heterocycles. The van der Waals surface area contributed by atoms with Gasteiger partial charge < -0.3 is 14.4 Å². The number of hydrogen-bond acceptors (Lipinski definition) is 3. The Hall–Kier alpha value is -4.76. The number of anilines is 3. The van der Waals surface area contributed by atoms with Crippen molar-refractivity contribution in [1.29, 1.82) is 0 Å². The molecule has 0 fully saturated rings. The van der Waals surface area contributed by atoms with Gasteiger partial charge in [-0.05, 0) is 58.3 Å². The van der Waals surface area contributed by atoms with Crippen molar-refractivity contribution in [2.45, 2.75) is 19.6 Å². The molecule has 7 rings (SSSR count). The first-order chi connectivity index (χ1) is 18.6. The topological polar surface area (TPSA) is 21.7 Å². The Bertz CT molecular complexity index is 1700. The first-order valence-corrected chi connectivity index (χ1v) is 13.0. The van der Waals surface area contributed by atoms with Gasteiger partial charge in [-0.2, -0.15) is 0 Å². The van der Waals surface area contributed by atoms with Crippen LogP contribution in [0.25, 0.3) is 32.7 Å². The molecule has 0 atom stereocenters. The highest BCUT2D eigenvalue weighted by atomic mass is 16.7. The first kappa shape index (κ1) is 22.4. The molecule has 0 saturated carbocycles. The monoisotopic (exact) mass is 493 g/mol. The Morgan fingerprint density at radius 2 is 0.974 bits per heavy atom. The Morgan fingerprint density at radius 1 is 0.500 bits per heavy atom. The van der Waals surface area contributed by atoms with Gasteiger partial charge >= 0.3 is 0 Å². The van der Waals surface area contributed by atoms with E-state index in [1.165, 1.54) is 32.8 Å². The number of para-hydroxylation sites is 2. The number of ether oxygens (including phenoxy) is 2. The van der Waals surface area contributed by atoms with E-state index in [0.29, 0.717) is 0 Å². The van der Waals surface area contributed by atoms with Gasteiger partial charge in [-0.25, -0.2) is 0 Å². The van der Waals surface area contributed by atoms with Crippen molar-refractivity contribution in [3.63, 3.8) is 0 Å². The molecule has 1 aliphatic heterocycles. The summed E-state index contributed by atoms with van der Waals surface area (Å²) in [5.74, 6) is 0.893. The Kier molecular flexibility index (Phi) is 5.12. The third-order valence-electron chi connectivity index (χ3n) is 7.10. The van der Waals surface area contributed by atoms with Crippen LogP contribution < -0.4 is 14.4 Å². The van der Waals surface area contributed by atoms with Crippen LogP contribution in [0.3, 0.4) is 0 Å². The fraction of sp³-hybridized carbons (Fsp3) is 0.0857. The normalized spacial score (nSPS) is 13.6. The maximum absolute atomic E-state index is 6.13. The summed E-state index contributed by atoms with van der Waals surface area (Å²) < 4.78 is 12.1. The summed E-state index contributed by atoms with van der Waals surface area (Å²) in [5, 5.41) is 4.76. The number of rotatable bonds is 4. The van der Waals surface area contributed by atoms with Crippen molar-refractivity contribution < 1.29 is 9.47 Å². The number of nitrogens with zero attached hydrogens (tertiary/aromatic N) is 1. The Balaban J connectivity index is 1.56. The van der Waals surface area contributed by atoms with Crippen molar-refractivity contribution in [1.82, 2.24) is 0 Å². The highest BCUT2D eigenvalue weighted by Crippen LogP contribution is 2.49. The molecular formula is C35H27NO2. The van der Waals surface area contributed by atoms with Crippen LogP contribution in [-0.4, -0.2) is 5.79 Å². The summed E-state index contributed by atoms with van der Waals surface area (Å²) in [4.78, 5) is 2.37. The van der Waals surface area contributed by atoms with Crippen LogP contribution in [0.2, 0.25) is 0 Å². The van der Waals surface area contributed by atoms with Gasteiger partial charge in [0.15, 0.2) is 11.5 Å². The third kappa shape index (κ3) is 3.67. The van der Waals surface area contributed by atoms with Crippen LogP contribution in [0.15, 0.2) is 127 Å². The second-order valence-electron chi connectivity index (χ2n) is 10.1. The molecule has 0 unspecified atom stereocenters. The Labute approximate surface area is 222 Å². The average Bonchev–Trinajstić information content (AvgIpc) is 3.27. The number of hydrogen-bond donors (Lipinski definition) is 0. The van der Waals surface area contributed by atoms with Crippen LogP contribution in [0.5, 0.6) is 11.5 Å². The number of fused-ring (bicyclic) bond motifs is 3. The molecule has 1 aliphatic rings. The lowest BCUT2D eigenvalue weighted by Crippen LogP contribution is -2.29. The SMILES string of the molecule is CC1(C)Oc2ccc(-c3c4ccccc4c(N(c4ccccc4)c4ccccc4)c4ccccc34)cc2O1. The van der Waals surface area contributed by atoms with Crippen LogP contribution in [-0.2, 0) is 0 Å². The van der Waals surface area contributed by atoms with Crippen molar-refractivity contribution in [2.24, 2.45) is 0 Å². The van der Waals surface area contributed by atoms with E-state index in [9.17, 15) is 0 Å². The van der Waals surface area contributed by atoms with E-state index in [1.807, 2.05) is 19.9 Å². The van der Waals surface area contributed by atoms with Crippen molar-refractivity contribution >= 4 is 38.6 Å². The molecule has 0 saturated heterocycles. The summed E-state index contributed by atoms with van der Waals surface area (Å²) in [6.07, 6.45) is 0.